The van der Waals surface area contributed by atoms with Crippen LogP contribution in [0.2, 0.25) is 0 Å². The zero-order valence-electron chi connectivity index (χ0n) is 6.85. The summed E-state index contributed by atoms with van der Waals surface area (Å²) in [6.07, 6.45) is 2.16. The first-order valence-corrected chi connectivity index (χ1v) is 4.00. The van der Waals surface area contributed by atoms with Gasteiger partial charge in [-0.1, -0.05) is 0 Å². The number of rotatable bonds is 2. The minimum atomic E-state index is 0.305. The zero-order valence-corrected chi connectivity index (χ0v) is 6.85. The molecule has 0 amide bonds. The molecule has 2 N–H and O–H groups in total. The first-order valence-electron chi connectivity index (χ1n) is 4.00. The van der Waals surface area contributed by atoms with Crippen molar-refractivity contribution >= 4 is 0 Å². The molecule has 60 valence electrons. The monoisotopic (exact) mass is 143 g/mol. The van der Waals surface area contributed by atoms with Gasteiger partial charge in [0.2, 0.25) is 0 Å². The molecule has 1 unspecified atom stereocenters. The third-order valence-corrected chi connectivity index (χ3v) is 2.21. The molecular formula is C8H17NO. The van der Waals surface area contributed by atoms with Gasteiger partial charge in [0.15, 0.2) is 0 Å². The van der Waals surface area contributed by atoms with Crippen molar-refractivity contribution in [3.63, 3.8) is 0 Å². The Kier molecular flexibility index (Phi) is 2.32. The lowest BCUT2D eigenvalue weighted by atomic mass is 9.95. The van der Waals surface area contributed by atoms with Gasteiger partial charge in [-0.15, -0.1) is 0 Å². The van der Waals surface area contributed by atoms with Crippen molar-refractivity contribution in [3.8, 4) is 0 Å². The summed E-state index contributed by atoms with van der Waals surface area (Å²) in [5.74, 6) is 0.694. The number of hydrogen-bond donors (Lipinski definition) is 2. The van der Waals surface area contributed by atoms with E-state index in [0.29, 0.717) is 18.1 Å². The van der Waals surface area contributed by atoms with Gasteiger partial charge in [-0.25, -0.2) is 0 Å². The van der Waals surface area contributed by atoms with E-state index in [1.807, 2.05) is 0 Å². The maximum Gasteiger partial charge on any atom is 0.0434 e. The molecule has 0 aromatic rings. The van der Waals surface area contributed by atoms with Gasteiger partial charge in [-0.3, -0.25) is 0 Å². The van der Waals surface area contributed by atoms with Crippen LogP contribution in [0.3, 0.4) is 0 Å². The van der Waals surface area contributed by atoms with E-state index >= 15 is 0 Å². The quantitative estimate of drug-likeness (QED) is 0.598. The highest BCUT2D eigenvalue weighted by Crippen LogP contribution is 2.24. The van der Waals surface area contributed by atoms with Gasteiger partial charge in [0, 0.05) is 12.1 Å². The van der Waals surface area contributed by atoms with Crippen LogP contribution in [-0.2, 0) is 0 Å². The Balaban J connectivity index is 2.29. The van der Waals surface area contributed by atoms with Crippen molar-refractivity contribution in [1.29, 1.82) is 0 Å². The smallest absolute Gasteiger partial charge is 0.0434 e. The fraction of sp³-hybridized carbons (Fsp3) is 1.00. The molecule has 0 aromatic carbocycles. The Hall–Kier alpha value is -0.0800. The van der Waals surface area contributed by atoms with E-state index in [1.54, 1.807) is 0 Å². The largest absolute Gasteiger partial charge is 0.396 e. The van der Waals surface area contributed by atoms with Crippen LogP contribution in [0.15, 0.2) is 0 Å². The molecule has 0 radical (unpaired) electrons. The van der Waals surface area contributed by atoms with Crippen LogP contribution in [0.1, 0.15) is 26.7 Å². The molecule has 1 rings (SSSR count). The van der Waals surface area contributed by atoms with Crippen molar-refractivity contribution in [2.24, 2.45) is 5.92 Å². The second-order valence-corrected chi connectivity index (χ2v) is 3.85. The van der Waals surface area contributed by atoms with Crippen molar-refractivity contribution < 1.29 is 5.11 Å². The lowest BCUT2D eigenvalue weighted by Gasteiger charge is -2.16. The highest BCUT2D eigenvalue weighted by molar-refractivity contribution is 4.88. The minimum Gasteiger partial charge on any atom is -0.396 e. The summed E-state index contributed by atoms with van der Waals surface area (Å²) in [5, 5.41) is 12.1. The molecule has 1 fully saturated rings. The SMILES string of the molecule is CC1(C)CC(CCO)CN1. The Labute approximate surface area is 62.6 Å². The highest BCUT2D eigenvalue weighted by atomic mass is 16.3. The molecule has 0 aromatic heterocycles. The van der Waals surface area contributed by atoms with E-state index in [-0.39, 0.29) is 0 Å². The standard InChI is InChI=1S/C8H17NO/c1-8(2)5-7(3-4-10)6-9-8/h7,9-10H,3-6H2,1-2H3. The average Bonchev–Trinajstić information content (AvgIpc) is 2.12. The molecule has 1 heterocycles. The third-order valence-electron chi connectivity index (χ3n) is 2.21. The van der Waals surface area contributed by atoms with E-state index in [4.69, 9.17) is 5.11 Å². The van der Waals surface area contributed by atoms with Gasteiger partial charge in [0.25, 0.3) is 0 Å². The maximum absolute atomic E-state index is 8.67. The summed E-state index contributed by atoms with van der Waals surface area (Å²) in [7, 11) is 0. The van der Waals surface area contributed by atoms with Crippen molar-refractivity contribution in [1.82, 2.24) is 5.32 Å². The molecule has 1 aliphatic rings. The number of nitrogens with one attached hydrogen (secondary N) is 1. The summed E-state index contributed by atoms with van der Waals surface area (Å²) in [6, 6.07) is 0. The lowest BCUT2D eigenvalue weighted by Crippen LogP contribution is -2.31. The van der Waals surface area contributed by atoms with E-state index in [0.717, 1.165) is 13.0 Å². The summed E-state index contributed by atoms with van der Waals surface area (Å²) < 4.78 is 0. The van der Waals surface area contributed by atoms with E-state index in [2.05, 4.69) is 19.2 Å². The number of hydrogen-bond acceptors (Lipinski definition) is 2. The van der Waals surface area contributed by atoms with Crippen LogP contribution in [0.4, 0.5) is 0 Å². The van der Waals surface area contributed by atoms with Crippen LogP contribution < -0.4 is 5.32 Å². The van der Waals surface area contributed by atoms with Gasteiger partial charge in [-0.2, -0.15) is 0 Å². The zero-order chi connectivity index (χ0) is 7.61. The number of aliphatic hydroxyl groups is 1. The van der Waals surface area contributed by atoms with E-state index in [1.165, 1.54) is 6.42 Å². The predicted molar refractivity (Wildman–Crippen MR) is 41.9 cm³/mol. The molecule has 10 heavy (non-hydrogen) atoms. The second kappa shape index (κ2) is 2.89. The van der Waals surface area contributed by atoms with E-state index in [9.17, 15) is 0 Å². The van der Waals surface area contributed by atoms with Gasteiger partial charge < -0.3 is 10.4 Å². The normalized spacial score (nSPS) is 30.9. The van der Waals surface area contributed by atoms with Crippen molar-refractivity contribution in [2.45, 2.75) is 32.2 Å². The van der Waals surface area contributed by atoms with Crippen LogP contribution in [0.25, 0.3) is 0 Å². The minimum absolute atomic E-state index is 0.305. The molecule has 1 saturated heterocycles. The average molecular weight is 143 g/mol. The molecule has 1 aliphatic heterocycles. The Bertz CT molecular complexity index is 112. The maximum atomic E-state index is 8.67. The summed E-state index contributed by atoms with van der Waals surface area (Å²) >= 11 is 0. The molecule has 0 bridgehead atoms. The Morgan fingerprint density at radius 3 is 2.70 bits per heavy atom. The van der Waals surface area contributed by atoms with Gasteiger partial charge in [0.05, 0.1) is 0 Å². The van der Waals surface area contributed by atoms with Crippen LogP contribution in [-0.4, -0.2) is 23.8 Å². The fourth-order valence-corrected chi connectivity index (χ4v) is 1.67. The lowest BCUT2D eigenvalue weighted by molar-refractivity contribution is 0.259. The van der Waals surface area contributed by atoms with Crippen LogP contribution >= 0.6 is 0 Å². The van der Waals surface area contributed by atoms with Crippen molar-refractivity contribution in [3.05, 3.63) is 0 Å². The molecular weight excluding hydrogens is 126 g/mol. The molecule has 0 saturated carbocycles. The summed E-state index contributed by atoms with van der Waals surface area (Å²) in [4.78, 5) is 0. The fourth-order valence-electron chi connectivity index (χ4n) is 1.67. The highest BCUT2D eigenvalue weighted by Gasteiger charge is 2.29. The molecule has 2 nitrogen and oxygen atoms in total. The molecule has 1 atom stereocenters. The number of aliphatic hydroxyl groups excluding tert-OH is 1. The molecule has 0 spiro atoms. The van der Waals surface area contributed by atoms with Gasteiger partial charge >= 0.3 is 0 Å². The van der Waals surface area contributed by atoms with Gasteiger partial charge in [0.1, 0.15) is 0 Å². The summed E-state index contributed by atoms with van der Waals surface area (Å²) in [5.41, 5.74) is 0.305. The van der Waals surface area contributed by atoms with Crippen LogP contribution in [0.5, 0.6) is 0 Å². The van der Waals surface area contributed by atoms with Gasteiger partial charge in [-0.05, 0) is 39.2 Å². The van der Waals surface area contributed by atoms with Crippen LogP contribution in [0, 0.1) is 5.92 Å². The third kappa shape index (κ3) is 1.96. The topological polar surface area (TPSA) is 32.3 Å². The molecule has 2 heteroatoms. The Morgan fingerprint density at radius 1 is 1.60 bits per heavy atom. The first-order chi connectivity index (χ1) is 4.64. The molecule has 0 aliphatic carbocycles. The van der Waals surface area contributed by atoms with E-state index < -0.39 is 0 Å². The Morgan fingerprint density at radius 2 is 2.30 bits per heavy atom. The second-order valence-electron chi connectivity index (χ2n) is 3.85. The van der Waals surface area contributed by atoms with Crippen molar-refractivity contribution in [2.75, 3.05) is 13.2 Å². The summed E-state index contributed by atoms with van der Waals surface area (Å²) in [6.45, 7) is 5.84. The predicted octanol–water partition coefficient (Wildman–Crippen LogP) is 0.757. The first kappa shape index (κ1) is 8.02.